The van der Waals surface area contributed by atoms with Gasteiger partial charge in [0.1, 0.15) is 5.82 Å². The summed E-state index contributed by atoms with van der Waals surface area (Å²) in [5, 5.41) is 9.94. The number of rotatable bonds is 5. The quantitative estimate of drug-likeness (QED) is 0.651. The lowest BCUT2D eigenvalue weighted by Gasteiger charge is -2.35. The lowest BCUT2D eigenvalue weighted by Crippen LogP contribution is -2.41. The van der Waals surface area contributed by atoms with E-state index in [9.17, 15) is 9.18 Å². The third-order valence-electron chi connectivity index (χ3n) is 5.09. The van der Waals surface area contributed by atoms with E-state index in [1.807, 2.05) is 0 Å². The average molecular weight is 396 g/mol. The average Bonchev–Trinajstić information content (AvgIpc) is 3.24. The molecule has 1 atom stereocenters. The minimum atomic E-state index is -0.325. The topological polar surface area (TPSA) is 44.4 Å². The Labute approximate surface area is 168 Å². The first-order valence-corrected chi connectivity index (χ1v) is 10.3. The lowest BCUT2D eigenvalue weighted by molar-refractivity contribution is 0.176. The molecular formula is C22H22FN3OS. The number of amides is 2. The monoisotopic (exact) mass is 395 g/mol. The number of fused-ring (bicyclic) bond motifs is 1. The van der Waals surface area contributed by atoms with Crippen LogP contribution in [0.1, 0.15) is 22.7 Å². The first-order valence-electron chi connectivity index (χ1n) is 9.32. The van der Waals surface area contributed by atoms with Gasteiger partial charge >= 0.3 is 6.03 Å². The molecule has 1 aromatic heterocycles. The van der Waals surface area contributed by atoms with Crippen LogP contribution in [0.5, 0.6) is 0 Å². The smallest absolute Gasteiger partial charge is 0.319 e. The van der Waals surface area contributed by atoms with E-state index in [4.69, 9.17) is 0 Å². The van der Waals surface area contributed by atoms with Gasteiger partial charge in [0.15, 0.2) is 0 Å². The summed E-state index contributed by atoms with van der Waals surface area (Å²) < 4.78 is 13.0. The second kappa shape index (κ2) is 8.54. The number of nitrogens with one attached hydrogen (secondary N) is 2. The molecule has 2 heterocycles. The number of urea groups is 1. The van der Waals surface area contributed by atoms with Crippen molar-refractivity contribution in [3.8, 4) is 0 Å². The molecule has 0 radical (unpaired) electrons. The van der Waals surface area contributed by atoms with Gasteiger partial charge in [-0.25, -0.2) is 9.18 Å². The molecular weight excluding hydrogens is 373 g/mol. The molecule has 2 aromatic carbocycles. The zero-order chi connectivity index (χ0) is 19.3. The second-order valence-corrected chi connectivity index (χ2v) is 7.68. The number of halogens is 1. The number of carbonyl (C=O) groups is 1. The van der Waals surface area contributed by atoms with Gasteiger partial charge in [0.25, 0.3) is 0 Å². The van der Waals surface area contributed by atoms with E-state index in [0.29, 0.717) is 12.2 Å². The molecule has 6 heteroatoms. The summed E-state index contributed by atoms with van der Waals surface area (Å²) in [6.07, 6.45) is 1.01. The molecule has 0 saturated heterocycles. The fraction of sp³-hybridized carbons (Fsp3) is 0.227. The molecule has 2 amide bonds. The van der Waals surface area contributed by atoms with Crippen molar-refractivity contribution in [3.05, 3.63) is 87.9 Å². The zero-order valence-corrected chi connectivity index (χ0v) is 16.2. The molecule has 0 bridgehead atoms. The van der Waals surface area contributed by atoms with Gasteiger partial charge in [-0.2, -0.15) is 11.3 Å². The molecule has 0 aliphatic carbocycles. The molecule has 4 nitrogen and oxygen atoms in total. The fourth-order valence-corrected chi connectivity index (χ4v) is 4.31. The van der Waals surface area contributed by atoms with Crippen LogP contribution in [0.2, 0.25) is 0 Å². The predicted octanol–water partition coefficient (Wildman–Crippen LogP) is 4.81. The largest absolute Gasteiger partial charge is 0.336 e. The highest BCUT2D eigenvalue weighted by Gasteiger charge is 2.25. The van der Waals surface area contributed by atoms with Crippen LogP contribution in [0.4, 0.5) is 14.9 Å². The van der Waals surface area contributed by atoms with Gasteiger partial charge in [0.05, 0.1) is 6.04 Å². The first kappa shape index (κ1) is 18.7. The number of thiophene rings is 1. The standard InChI is InChI=1S/C22H22FN3OS/c23-19-5-7-20(8-6-19)25-22(27)24-13-21(18-10-12-28-15-18)26-11-9-16-3-1-2-4-17(16)14-26/h1-8,10,12,15,21H,9,11,13-14H2,(H2,24,25,27). The van der Waals surface area contributed by atoms with Crippen molar-refractivity contribution in [2.24, 2.45) is 0 Å². The van der Waals surface area contributed by atoms with E-state index < -0.39 is 0 Å². The summed E-state index contributed by atoms with van der Waals surface area (Å²) in [7, 11) is 0. The van der Waals surface area contributed by atoms with E-state index >= 15 is 0 Å². The van der Waals surface area contributed by atoms with Crippen molar-refractivity contribution in [3.63, 3.8) is 0 Å². The Kier molecular flexibility index (Phi) is 5.69. The van der Waals surface area contributed by atoms with Gasteiger partial charge in [-0.15, -0.1) is 0 Å². The molecule has 0 fully saturated rings. The first-order chi connectivity index (χ1) is 13.7. The molecule has 0 saturated carbocycles. The van der Waals surface area contributed by atoms with Crippen LogP contribution in [0, 0.1) is 5.82 Å². The summed E-state index contributed by atoms with van der Waals surface area (Å²) in [6, 6.07) is 16.2. The van der Waals surface area contributed by atoms with E-state index in [1.54, 1.807) is 23.5 Å². The maximum Gasteiger partial charge on any atom is 0.319 e. The molecule has 3 aromatic rings. The van der Waals surface area contributed by atoms with Crippen molar-refractivity contribution in [2.75, 3.05) is 18.4 Å². The Hall–Kier alpha value is -2.70. The van der Waals surface area contributed by atoms with E-state index in [-0.39, 0.29) is 17.9 Å². The van der Waals surface area contributed by atoms with Crippen molar-refractivity contribution in [2.45, 2.75) is 19.0 Å². The number of benzene rings is 2. The summed E-state index contributed by atoms with van der Waals surface area (Å²) in [5.74, 6) is -0.325. The SMILES string of the molecule is O=C(NCC(c1ccsc1)N1CCc2ccccc2C1)Nc1ccc(F)cc1. The van der Waals surface area contributed by atoms with Crippen molar-refractivity contribution in [1.82, 2.24) is 10.2 Å². The van der Waals surface area contributed by atoms with Gasteiger partial charge < -0.3 is 10.6 Å². The second-order valence-electron chi connectivity index (χ2n) is 6.90. The zero-order valence-electron chi connectivity index (χ0n) is 15.4. The van der Waals surface area contributed by atoms with Crippen LogP contribution in [0.3, 0.4) is 0 Å². The summed E-state index contributed by atoms with van der Waals surface area (Å²) in [4.78, 5) is 14.7. The number of nitrogens with zero attached hydrogens (tertiary/aromatic N) is 1. The minimum absolute atomic E-state index is 0.110. The third kappa shape index (κ3) is 4.40. The molecule has 2 N–H and O–H groups in total. The number of hydrogen-bond donors (Lipinski definition) is 2. The molecule has 144 valence electrons. The van der Waals surface area contributed by atoms with Crippen LogP contribution >= 0.6 is 11.3 Å². The fourth-order valence-electron chi connectivity index (χ4n) is 3.60. The molecule has 0 spiro atoms. The molecule has 1 unspecified atom stereocenters. The Morgan fingerprint density at radius 3 is 2.64 bits per heavy atom. The normalized spacial score (nSPS) is 14.9. The predicted molar refractivity (Wildman–Crippen MR) is 111 cm³/mol. The minimum Gasteiger partial charge on any atom is -0.336 e. The van der Waals surface area contributed by atoms with Gasteiger partial charge in [0, 0.05) is 25.3 Å². The number of hydrogen-bond acceptors (Lipinski definition) is 3. The lowest BCUT2D eigenvalue weighted by atomic mass is 9.97. The summed E-state index contributed by atoms with van der Waals surface area (Å²) in [5.41, 5.74) is 4.54. The van der Waals surface area contributed by atoms with Gasteiger partial charge in [-0.3, -0.25) is 4.90 Å². The highest BCUT2D eigenvalue weighted by atomic mass is 32.1. The van der Waals surface area contributed by atoms with Gasteiger partial charge in [0.2, 0.25) is 0 Å². The highest BCUT2D eigenvalue weighted by Crippen LogP contribution is 2.28. The molecule has 1 aliphatic rings. The Morgan fingerprint density at radius 2 is 1.89 bits per heavy atom. The van der Waals surface area contributed by atoms with Crippen LogP contribution in [0.15, 0.2) is 65.4 Å². The molecule has 4 rings (SSSR count). The van der Waals surface area contributed by atoms with E-state index in [1.165, 1.54) is 28.8 Å². The van der Waals surface area contributed by atoms with E-state index in [0.717, 1.165) is 19.5 Å². The number of anilines is 1. The third-order valence-corrected chi connectivity index (χ3v) is 5.79. The number of carbonyl (C=O) groups excluding carboxylic acids is 1. The van der Waals surface area contributed by atoms with Crippen LogP contribution in [-0.2, 0) is 13.0 Å². The molecule has 28 heavy (non-hydrogen) atoms. The van der Waals surface area contributed by atoms with Gasteiger partial charge in [-0.1, -0.05) is 24.3 Å². The van der Waals surface area contributed by atoms with Gasteiger partial charge in [-0.05, 0) is 64.2 Å². The Bertz CT molecular complexity index is 927. The Balaban J connectivity index is 1.43. The van der Waals surface area contributed by atoms with Crippen molar-refractivity contribution in [1.29, 1.82) is 0 Å². The van der Waals surface area contributed by atoms with Crippen LogP contribution in [0.25, 0.3) is 0 Å². The van der Waals surface area contributed by atoms with E-state index in [2.05, 4.69) is 56.6 Å². The van der Waals surface area contributed by atoms with Crippen LogP contribution < -0.4 is 10.6 Å². The van der Waals surface area contributed by atoms with Crippen molar-refractivity contribution < 1.29 is 9.18 Å². The summed E-state index contributed by atoms with van der Waals surface area (Å²) in [6.45, 7) is 2.34. The molecule has 1 aliphatic heterocycles. The Morgan fingerprint density at radius 1 is 1.11 bits per heavy atom. The highest BCUT2D eigenvalue weighted by molar-refractivity contribution is 7.07. The summed E-state index contributed by atoms with van der Waals surface area (Å²) >= 11 is 1.67. The van der Waals surface area contributed by atoms with Crippen molar-refractivity contribution >= 4 is 23.1 Å². The maximum atomic E-state index is 13.0. The van der Waals surface area contributed by atoms with Crippen LogP contribution in [-0.4, -0.2) is 24.0 Å². The maximum absolute atomic E-state index is 13.0.